The van der Waals surface area contributed by atoms with E-state index in [0.717, 1.165) is 31.2 Å². The summed E-state index contributed by atoms with van der Waals surface area (Å²) in [7, 11) is 0. The molecular weight excluding hydrogens is 312 g/mol. The van der Waals surface area contributed by atoms with E-state index in [4.69, 9.17) is 0 Å². The Morgan fingerprint density at radius 3 is 2.32 bits per heavy atom. The van der Waals surface area contributed by atoms with E-state index in [0.29, 0.717) is 16.9 Å². The molecule has 25 heavy (non-hydrogen) atoms. The van der Waals surface area contributed by atoms with Gasteiger partial charge in [0.05, 0.1) is 11.4 Å². The van der Waals surface area contributed by atoms with Crippen LogP contribution in [0.5, 0.6) is 0 Å². The molecule has 1 saturated carbocycles. The van der Waals surface area contributed by atoms with Crippen LogP contribution < -0.4 is 10.6 Å². The monoisotopic (exact) mass is 336 g/mol. The Morgan fingerprint density at radius 2 is 1.60 bits per heavy atom. The number of para-hydroxylation sites is 1. The molecule has 2 N–H and O–H groups in total. The van der Waals surface area contributed by atoms with Gasteiger partial charge in [0.1, 0.15) is 0 Å². The number of carbonyl (C=O) groups is 2. The van der Waals surface area contributed by atoms with Crippen LogP contribution in [-0.2, 0) is 4.79 Å². The molecular formula is C21H24N2O2. The van der Waals surface area contributed by atoms with Crippen LogP contribution >= 0.6 is 0 Å². The Labute approximate surface area is 148 Å². The number of aryl methyl sites for hydroxylation is 1. The van der Waals surface area contributed by atoms with E-state index < -0.39 is 0 Å². The lowest BCUT2D eigenvalue weighted by Crippen LogP contribution is -2.25. The summed E-state index contributed by atoms with van der Waals surface area (Å²) < 4.78 is 0. The zero-order chi connectivity index (χ0) is 17.6. The van der Waals surface area contributed by atoms with Crippen LogP contribution in [-0.4, -0.2) is 11.8 Å². The Kier molecular flexibility index (Phi) is 5.49. The van der Waals surface area contributed by atoms with Crippen molar-refractivity contribution in [3.63, 3.8) is 0 Å². The molecule has 130 valence electrons. The van der Waals surface area contributed by atoms with Crippen molar-refractivity contribution in [1.82, 2.24) is 0 Å². The first kappa shape index (κ1) is 17.2. The molecule has 0 unspecified atom stereocenters. The summed E-state index contributed by atoms with van der Waals surface area (Å²) in [5.41, 5.74) is 2.85. The van der Waals surface area contributed by atoms with E-state index in [1.807, 2.05) is 43.3 Å². The fourth-order valence-corrected chi connectivity index (χ4v) is 3.31. The smallest absolute Gasteiger partial charge is 0.255 e. The highest BCUT2D eigenvalue weighted by atomic mass is 16.2. The van der Waals surface area contributed by atoms with Gasteiger partial charge in [-0.2, -0.15) is 0 Å². The number of carbonyl (C=O) groups excluding carboxylic acids is 2. The average molecular weight is 336 g/mol. The molecule has 1 aliphatic rings. The summed E-state index contributed by atoms with van der Waals surface area (Å²) in [6.07, 6.45) is 5.34. The maximum Gasteiger partial charge on any atom is 0.255 e. The maximum atomic E-state index is 12.6. The highest BCUT2D eigenvalue weighted by molar-refractivity contribution is 6.08. The lowest BCUT2D eigenvalue weighted by molar-refractivity contribution is -0.120. The SMILES string of the molecule is Cc1cccc(NC(=O)C2CCCCC2)c1NC(=O)c1ccccc1. The normalized spacial score (nSPS) is 14.8. The Balaban J connectivity index is 1.77. The molecule has 2 aromatic carbocycles. The molecule has 2 aromatic rings. The van der Waals surface area contributed by atoms with Crippen molar-refractivity contribution in [2.24, 2.45) is 5.92 Å². The van der Waals surface area contributed by atoms with Crippen LogP contribution in [0.3, 0.4) is 0 Å². The van der Waals surface area contributed by atoms with Crippen molar-refractivity contribution in [3.8, 4) is 0 Å². The zero-order valence-electron chi connectivity index (χ0n) is 14.5. The molecule has 1 aliphatic carbocycles. The van der Waals surface area contributed by atoms with Crippen LogP contribution in [0.1, 0.15) is 48.0 Å². The van der Waals surface area contributed by atoms with Crippen LogP contribution in [0.25, 0.3) is 0 Å². The number of benzene rings is 2. The van der Waals surface area contributed by atoms with E-state index in [-0.39, 0.29) is 17.7 Å². The maximum absolute atomic E-state index is 12.6. The van der Waals surface area contributed by atoms with Gasteiger partial charge in [0.2, 0.25) is 5.91 Å². The van der Waals surface area contributed by atoms with Crippen molar-refractivity contribution >= 4 is 23.2 Å². The number of hydrogen-bond donors (Lipinski definition) is 2. The van der Waals surface area contributed by atoms with Crippen molar-refractivity contribution in [1.29, 1.82) is 0 Å². The second-order valence-corrected chi connectivity index (χ2v) is 6.64. The van der Waals surface area contributed by atoms with Gasteiger partial charge in [-0.15, -0.1) is 0 Å². The summed E-state index contributed by atoms with van der Waals surface area (Å²) >= 11 is 0. The first-order valence-electron chi connectivity index (χ1n) is 8.92. The van der Waals surface area contributed by atoms with Crippen LogP contribution in [0.15, 0.2) is 48.5 Å². The van der Waals surface area contributed by atoms with Gasteiger partial charge in [-0.1, -0.05) is 49.6 Å². The minimum absolute atomic E-state index is 0.0560. The summed E-state index contributed by atoms with van der Waals surface area (Å²) in [4.78, 5) is 25.0. The average Bonchev–Trinajstić information content (AvgIpc) is 2.66. The van der Waals surface area contributed by atoms with Crippen LogP contribution in [0.4, 0.5) is 11.4 Å². The predicted molar refractivity (Wildman–Crippen MR) is 101 cm³/mol. The van der Waals surface area contributed by atoms with E-state index in [2.05, 4.69) is 10.6 Å². The molecule has 3 rings (SSSR count). The lowest BCUT2D eigenvalue weighted by atomic mass is 9.88. The molecule has 4 heteroatoms. The van der Waals surface area contributed by atoms with Gasteiger partial charge < -0.3 is 10.6 Å². The summed E-state index contributed by atoms with van der Waals surface area (Å²) in [6.45, 7) is 1.93. The molecule has 1 fully saturated rings. The fraction of sp³-hybridized carbons (Fsp3) is 0.333. The molecule has 0 aromatic heterocycles. The summed E-state index contributed by atoms with van der Waals surface area (Å²) in [5.74, 6) is -0.0458. The molecule has 0 bridgehead atoms. The summed E-state index contributed by atoms with van der Waals surface area (Å²) in [5, 5.41) is 5.97. The van der Waals surface area contributed by atoms with Crippen molar-refractivity contribution in [2.75, 3.05) is 10.6 Å². The predicted octanol–water partition coefficient (Wildman–Crippen LogP) is 4.77. The third kappa shape index (κ3) is 4.27. The van der Waals surface area contributed by atoms with Gasteiger partial charge in [0, 0.05) is 11.5 Å². The van der Waals surface area contributed by atoms with Crippen LogP contribution in [0, 0.1) is 12.8 Å². The largest absolute Gasteiger partial charge is 0.324 e. The minimum Gasteiger partial charge on any atom is -0.324 e. The number of nitrogens with one attached hydrogen (secondary N) is 2. The van der Waals surface area contributed by atoms with Gasteiger partial charge in [-0.25, -0.2) is 0 Å². The quantitative estimate of drug-likeness (QED) is 0.845. The standard InChI is InChI=1S/C21H24N2O2/c1-15-9-8-14-18(22-20(24)16-10-4-2-5-11-16)19(15)23-21(25)17-12-6-3-7-13-17/h3,6-9,12-14,16H,2,4-5,10-11H2,1H3,(H,22,24)(H,23,25). The summed E-state index contributed by atoms with van der Waals surface area (Å²) in [6, 6.07) is 14.7. The molecule has 0 aliphatic heterocycles. The third-order valence-corrected chi connectivity index (χ3v) is 4.78. The number of rotatable bonds is 4. The third-order valence-electron chi connectivity index (χ3n) is 4.78. The highest BCUT2D eigenvalue weighted by Gasteiger charge is 2.22. The van der Waals surface area contributed by atoms with Crippen molar-refractivity contribution in [2.45, 2.75) is 39.0 Å². The number of amides is 2. The number of anilines is 2. The molecule has 0 saturated heterocycles. The fourth-order valence-electron chi connectivity index (χ4n) is 3.31. The minimum atomic E-state index is -0.178. The van der Waals surface area contributed by atoms with Gasteiger partial charge >= 0.3 is 0 Å². The van der Waals surface area contributed by atoms with Gasteiger partial charge in [-0.3, -0.25) is 9.59 Å². The Hall–Kier alpha value is -2.62. The zero-order valence-corrected chi connectivity index (χ0v) is 14.5. The van der Waals surface area contributed by atoms with Crippen molar-refractivity contribution in [3.05, 3.63) is 59.7 Å². The Bertz CT molecular complexity index is 750. The van der Waals surface area contributed by atoms with Crippen molar-refractivity contribution < 1.29 is 9.59 Å². The second-order valence-electron chi connectivity index (χ2n) is 6.64. The van der Waals surface area contributed by atoms with E-state index in [9.17, 15) is 9.59 Å². The first-order valence-corrected chi connectivity index (χ1v) is 8.92. The lowest BCUT2D eigenvalue weighted by Gasteiger charge is -2.22. The first-order chi connectivity index (χ1) is 12.1. The molecule has 2 amide bonds. The number of hydrogen-bond acceptors (Lipinski definition) is 2. The van der Waals surface area contributed by atoms with Crippen LogP contribution in [0.2, 0.25) is 0 Å². The molecule has 0 radical (unpaired) electrons. The van der Waals surface area contributed by atoms with Gasteiger partial charge in [0.15, 0.2) is 0 Å². The van der Waals surface area contributed by atoms with E-state index in [1.54, 1.807) is 12.1 Å². The highest BCUT2D eigenvalue weighted by Crippen LogP contribution is 2.29. The Morgan fingerprint density at radius 1 is 0.880 bits per heavy atom. The second kappa shape index (κ2) is 7.97. The van der Waals surface area contributed by atoms with E-state index >= 15 is 0 Å². The topological polar surface area (TPSA) is 58.2 Å². The van der Waals surface area contributed by atoms with Gasteiger partial charge in [0.25, 0.3) is 5.91 Å². The molecule has 0 spiro atoms. The molecule has 0 atom stereocenters. The molecule has 0 heterocycles. The van der Waals surface area contributed by atoms with Gasteiger partial charge in [-0.05, 0) is 43.5 Å². The van der Waals surface area contributed by atoms with E-state index in [1.165, 1.54) is 6.42 Å². The molecule has 4 nitrogen and oxygen atoms in total.